The Bertz CT molecular complexity index is 385. The van der Waals surface area contributed by atoms with Crippen LogP contribution in [0.3, 0.4) is 0 Å². The molecule has 2 N–H and O–H groups in total. The second kappa shape index (κ2) is 5.00. The van der Waals surface area contributed by atoms with E-state index in [1.54, 1.807) is 0 Å². The molecule has 1 heterocycles. The van der Waals surface area contributed by atoms with E-state index in [9.17, 15) is 0 Å². The van der Waals surface area contributed by atoms with Crippen LogP contribution >= 0.6 is 27.3 Å². The molecule has 0 amide bonds. The molecule has 3 rings (SSSR count). The van der Waals surface area contributed by atoms with Crippen LogP contribution in [0.1, 0.15) is 36.6 Å². The van der Waals surface area contributed by atoms with Gasteiger partial charge in [0, 0.05) is 24.0 Å². The van der Waals surface area contributed by atoms with Crippen LogP contribution in [0.25, 0.3) is 0 Å². The van der Waals surface area contributed by atoms with Crippen molar-refractivity contribution >= 4 is 27.3 Å². The quantitative estimate of drug-likeness (QED) is 0.872. The lowest BCUT2D eigenvalue weighted by molar-refractivity contribution is 0.185. The van der Waals surface area contributed by atoms with Gasteiger partial charge >= 0.3 is 0 Å². The number of halogens is 1. The Kier molecular flexibility index (Phi) is 3.57. The molecule has 0 bridgehead atoms. The highest BCUT2D eigenvalue weighted by atomic mass is 79.9. The summed E-state index contributed by atoms with van der Waals surface area (Å²) in [6.45, 7) is 2.01. The third kappa shape index (κ3) is 2.92. The zero-order valence-corrected chi connectivity index (χ0v) is 12.3. The van der Waals surface area contributed by atoms with Crippen LogP contribution in [0.4, 0.5) is 0 Å². The van der Waals surface area contributed by atoms with E-state index in [0.717, 1.165) is 18.5 Å². The summed E-state index contributed by atoms with van der Waals surface area (Å²) in [4.78, 5) is 4.10. The molecule has 2 aliphatic rings. The van der Waals surface area contributed by atoms with E-state index in [0.29, 0.717) is 6.04 Å². The van der Waals surface area contributed by atoms with Crippen molar-refractivity contribution in [2.24, 2.45) is 11.7 Å². The van der Waals surface area contributed by atoms with Gasteiger partial charge in [0.2, 0.25) is 0 Å². The average molecular weight is 315 g/mol. The normalized spacial score (nSPS) is 22.1. The van der Waals surface area contributed by atoms with Crippen LogP contribution in [0, 0.1) is 5.92 Å². The molecule has 2 saturated carbocycles. The second-order valence-electron chi connectivity index (χ2n) is 5.26. The number of hydrogen-bond acceptors (Lipinski definition) is 3. The fourth-order valence-electron chi connectivity index (χ4n) is 2.46. The largest absolute Gasteiger partial charge is 0.329 e. The minimum absolute atomic E-state index is 0.444. The fourth-order valence-corrected chi connectivity index (χ4v) is 4.02. The predicted octanol–water partition coefficient (Wildman–Crippen LogP) is 3.38. The fraction of sp³-hybridized carbons (Fsp3) is 0.692. The van der Waals surface area contributed by atoms with Crippen LogP contribution in [0.2, 0.25) is 0 Å². The monoisotopic (exact) mass is 314 g/mol. The highest BCUT2D eigenvalue weighted by Crippen LogP contribution is 2.41. The van der Waals surface area contributed by atoms with Crippen molar-refractivity contribution in [1.29, 1.82) is 0 Å². The maximum absolute atomic E-state index is 6.03. The van der Waals surface area contributed by atoms with Gasteiger partial charge in [-0.3, -0.25) is 4.90 Å². The number of nitrogens with zero attached hydrogens (tertiary/aromatic N) is 1. The predicted molar refractivity (Wildman–Crippen MR) is 76.3 cm³/mol. The number of nitrogens with two attached hydrogens (primary N) is 1. The molecule has 2 aliphatic carbocycles. The lowest BCUT2D eigenvalue weighted by Crippen LogP contribution is -2.36. The van der Waals surface area contributed by atoms with Gasteiger partial charge in [0.05, 0.1) is 9.83 Å². The van der Waals surface area contributed by atoms with Gasteiger partial charge in [0.1, 0.15) is 0 Å². The molecule has 4 heteroatoms. The molecule has 0 aromatic carbocycles. The third-order valence-corrected chi connectivity index (χ3v) is 5.45. The first kappa shape index (κ1) is 12.2. The standard InChI is InChI=1S/C13H19BrN2S/c14-13-6-5-12(17-13)11(7-15)16(10-3-4-10)8-9-1-2-9/h5-6,9-11H,1-4,7-8,15H2. The molecule has 2 fully saturated rings. The van der Waals surface area contributed by atoms with Gasteiger partial charge in [-0.1, -0.05) is 0 Å². The first-order valence-corrected chi connectivity index (χ1v) is 8.10. The summed E-state index contributed by atoms with van der Waals surface area (Å²) >= 11 is 5.39. The van der Waals surface area contributed by atoms with Crippen molar-refractivity contribution in [3.63, 3.8) is 0 Å². The summed E-state index contributed by atoms with van der Waals surface area (Å²) in [6, 6.07) is 5.63. The zero-order valence-electron chi connectivity index (χ0n) is 9.94. The summed E-state index contributed by atoms with van der Waals surface area (Å²) in [6.07, 6.45) is 5.59. The van der Waals surface area contributed by atoms with E-state index >= 15 is 0 Å². The molecule has 0 radical (unpaired) electrons. The Morgan fingerprint density at radius 2 is 2.12 bits per heavy atom. The number of hydrogen-bond donors (Lipinski definition) is 1. The smallest absolute Gasteiger partial charge is 0.0702 e. The molecular weight excluding hydrogens is 296 g/mol. The first-order valence-electron chi connectivity index (χ1n) is 6.49. The van der Waals surface area contributed by atoms with Crippen LogP contribution in [0.5, 0.6) is 0 Å². The first-order chi connectivity index (χ1) is 8.28. The van der Waals surface area contributed by atoms with Crippen molar-refractivity contribution in [1.82, 2.24) is 4.90 Å². The Morgan fingerprint density at radius 1 is 1.35 bits per heavy atom. The Morgan fingerprint density at radius 3 is 2.59 bits per heavy atom. The molecular formula is C13H19BrN2S. The lowest BCUT2D eigenvalue weighted by atomic mass is 10.2. The highest BCUT2D eigenvalue weighted by Gasteiger charge is 2.37. The molecule has 1 aromatic heterocycles. The molecule has 0 spiro atoms. The highest BCUT2D eigenvalue weighted by molar-refractivity contribution is 9.11. The number of rotatable bonds is 6. The second-order valence-corrected chi connectivity index (χ2v) is 7.76. The van der Waals surface area contributed by atoms with E-state index < -0.39 is 0 Å². The van der Waals surface area contributed by atoms with Gasteiger partial charge in [-0.2, -0.15) is 0 Å². The van der Waals surface area contributed by atoms with Crippen molar-refractivity contribution in [3.8, 4) is 0 Å². The van der Waals surface area contributed by atoms with E-state index in [4.69, 9.17) is 5.73 Å². The minimum atomic E-state index is 0.444. The lowest BCUT2D eigenvalue weighted by Gasteiger charge is -2.30. The Balaban J connectivity index is 1.75. The molecule has 2 nitrogen and oxygen atoms in total. The Labute approximate surface area is 115 Å². The average Bonchev–Trinajstić information content (AvgIpc) is 3.20. The molecule has 0 aliphatic heterocycles. The van der Waals surface area contributed by atoms with Gasteiger partial charge in [-0.25, -0.2) is 0 Å². The maximum Gasteiger partial charge on any atom is 0.0702 e. The van der Waals surface area contributed by atoms with Crippen molar-refractivity contribution in [2.45, 2.75) is 37.8 Å². The minimum Gasteiger partial charge on any atom is -0.329 e. The van der Waals surface area contributed by atoms with Crippen LogP contribution in [-0.2, 0) is 0 Å². The summed E-state index contributed by atoms with van der Waals surface area (Å²) < 4.78 is 1.22. The van der Waals surface area contributed by atoms with Gasteiger partial charge in [0.25, 0.3) is 0 Å². The van der Waals surface area contributed by atoms with Crippen molar-refractivity contribution < 1.29 is 0 Å². The van der Waals surface area contributed by atoms with Crippen molar-refractivity contribution in [2.75, 3.05) is 13.1 Å². The molecule has 0 saturated heterocycles. The zero-order chi connectivity index (χ0) is 11.8. The SMILES string of the molecule is NCC(c1ccc(Br)s1)N(CC1CC1)C1CC1. The topological polar surface area (TPSA) is 29.3 Å². The van der Waals surface area contributed by atoms with Crippen LogP contribution < -0.4 is 5.73 Å². The van der Waals surface area contributed by atoms with Gasteiger partial charge in [-0.15, -0.1) is 11.3 Å². The van der Waals surface area contributed by atoms with Gasteiger partial charge in [0.15, 0.2) is 0 Å². The van der Waals surface area contributed by atoms with Crippen LogP contribution in [-0.4, -0.2) is 24.0 Å². The molecule has 1 atom stereocenters. The summed E-state index contributed by atoms with van der Waals surface area (Å²) in [5.74, 6) is 0.952. The molecule has 17 heavy (non-hydrogen) atoms. The van der Waals surface area contributed by atoms with Gasteiger partial charge in [-0.05, 0) is 59.7 Å². The molecule has 1 aromatic rings. The summed E-state index contributed by atoms with van der Waals surface area (Å²) in [5, 5.41) is 0. The third-order valence-electron chi connectivity index (χ3n) is 3.73. The van der Waals surface area contributed by atoms with Gasteiger partial charge < -0.3 is 5.73 Å². The van der Waals surface area contributed by atoms with E-state index in [-0.39, 0.29) is 0 Å². The molecule has 94 valence electrons. The van der Waals surface area contributed by atoms with E-state index in [1.807, 2.05) is 11.3 Å². The van der Waals surface area contributed by atoms with E-state index in [2.05, 4.69) is 33.0 Å². The summed E-state index contributed by atoms with van der Waals surface area (Å²) in [7, 11) is 0. The van der Waals surface area contributed by atoms with E-state index in [1.165, 1.54) is 40.9 Å². The Hall–Kier alpha value is 0.1000. The summed E-state index contributed by atoms with van der Waals surface area (Å²) in [5.41, 5.74) is 6.03. The number of thiophene rings is 1. The molecule has 1 unspecified atom stereocenters. The maximum atomic E-state index is 6.03. The van der Waals surface area contributed by atoms with Crippen molar-refractivity contribution in [3.05, 3.63) is 20.8 Å². The van der Waals surface area contributed by atoms with Crippen LogP contribution in [0.15, 0.2) is 15.9 Å².